The predicted octanol–water partition coefficient (Wildman–Crippen LogP) is 2.34. The van der Waals surface area contributed by atoms with Gasteiger partial charge in [-0.1, -0.05) is 42.0 Å². The molecule has 0 bridgehead atoms. The molecular weight excluding hydrogens is 340 g/mol. The maximum atomic E-state index is 9.22. The second-order valence-corrected chi connectivity index (χ2v) is 6.57. The minimum Gasteiger partial charge on any atom is -0.395 e. The summed E-state index contributed by atoms with van der Waals surface area (Å²) in [7, 11) is 0. The molecule has 3 N–H and O–H groups in total. The summed E-state index contributed by atoms with van der Waals surface area (Å²) in [4.78, 5) is 11.3. The molecule has 3 aromatic rings. The Balaban J connectivity index is 1.84. The third-order valence-corrected chi connectivity index (χ3v) is 4.43. The van der Waals surface area contributed by atoms with E-state index in [1.54, 1.807) is 0 Å². The van der Waals surface area contributed by atoms with Crippen LogP contribution in [0, 0.1) is 6.92 Å². The first kappa shape index (κ1) is 19.2. The number of anilines is 1. The zero-order valence-electron chi connectivity index (χ0n) is 15.6. The van der Waals surface area contributed by atoms with Crippen LogP contribution in [0.5, 0.6) is 0 Å². The Morgan fingerprint density at radius 2 is 1.63 bits per heavy atom. The molecule has 27 heavy (non-hydrogen) atoms. The molecule has 0 aliphatic carbocycles. The number of aromatic nitrogens is 2. The monoisotopic (exact) mass is 366 g/mol. The second-order valence-electron chi connectivity index (χ2n) is 6.57. The zero-order chi connectivity index (χ0) is 19.1. The molecule has 0 saturated heterocycles. The van der Waals surface area contributed by atoms with Crippen LogP contribution < -0.4 is 5.32 Å². The minimum absolute atomic E-state index is 0.0338. The summed E-state index contributed by atoms with van der Waals surface area (Å²) in [6, 6.07) is 16.3. The number of aryl methyl sites for hydroxylation is 1. The molecule has 0 saturated carbocycles. The lowest BCUT2D eigenvalue weighted by Crippen LogP contribution is -2.30. The van der Waals surface area contributed by atoms with Crippen molar-refractivity contribution in [3.05, 3.63) is 65.5 Å². The van der Waals surface area contributed by atoms with E-state index in [0.29, 0.717) is 32.0 Å². The second kappa shape index (κ2) is 9.41. The lowest BCUT2D eigenvalue weighted by molar-refractivity contribution is 0.153. The van der Waals surface area contributed by atoms with Crippen LogP contribution in [0.3, 0.4) is 0 Å². The van der Waals surface area contributed by atoms with Crippen molar-refractivity contribution in [3.63, 3.8) is 0 Å². The molecule has 6 heteroatoms. The molecule has 142 valence electrons. The summed E-state index contributed by atoms with van der Waals surface area (Å²) in [5.41, 5.74) is 3.30. The van der Waals surface area contributed by atoms with Gasteiger partial charge in [0.1, 0.15) is 11.6 Å². The van der Waals surface area contributed by atoms with E-state index < -0.39 is 0 Å². The van der Waals surface area contributed by atoms with Crippen molar-refractivity contribution in [2.75, 3.05) is 31.6 Å². The van der Waals surface area contributed by atoms with Crippen LogP contribution in [0.15, 0.2) is 48.5 Å². The number of nitrogens with zero attached hydrogens (tertiary/aromatic N) is 3. The normalized spacial score (nSPS) is 11.3. The molecule has 1 aromatic heterocycles. The Labute approximate surface area is 159 Å². The van der Waals surface area contributed by atoms with E-state index in [2.05, 4.69) is 41.5 Å². The molecule has 0 spiro atoms. The smallest absolute Gasteiger partial charge is 0.145 e. The summed E-state index contributed by atoms with van der Waals surface area (Å²) >= 11 is 0. The number of hydrogen-bond acceptors (Lipinski definition) is 6. The van der Waals surface area contributed by atoms with Crippen LogP contribution in [0.4, 0.5) is 5.82 Å². The average Bonchev–Trinajstić information content (AvgIpc) is 2.68. The summed E-state index contributed by atoms with van der Waals surface area (Å²) in [5, 5.41) is 22.9. The fraction of sp³-hybridized carbons (Fsp3) is 0.333. The summed E-state index contributed by atoms with van der Waals surface area (Å²) in [5.74, 6) is 1.46. The van der Waals surface area contributed by atoms with Crippen molar-refractivity contribution in [3.8, 4) is 0 Å². The van der Waals surface area contributed by atoms with E-state index in [4.69, 9.17) is 4.98 Å². The number of aliphatic hydroxyl groups excluding tert-OH is 2. The Morgan fingerprint density at radius 1 is 0.926 bits per heavy atom. The van der Waals surface area contributed by atoms with Gasteiger partial charge in [0.2, 0.25) is 0 Å². The lowest BCUT2D eigenvalue weighted by Gasteiger charge is -2.20. The van der Waals surface area contributed by atoms with Crippen LogP contribution >= 0.6 is 0 Å². The van der Waals surface area contributed by atoms with E-state index >= 15 is 0 Å². The maximum absolute atomic E-state index is 9.22. The largest absolute Gasteiger partial charge is 0.395 e. The van der Waals surface area contributed by atoms with Gasteiger partial charge in [0.15, 0.2) is 0 Å². The zero-order valence-corrected chi connectivity index (χ0v) is 15.6. The number of aliphatic hydroxyl groups is 2. The molecule has 0 aliphatic heterocycles. The van der Waals surface area contributed by atoms with Crippen LogP contribution in [0.1, 0.15) is 17.0 Å². The van der Waals surface area contributed by atoms with Gasteiger partial charge in [0.25, 0.3) is 0 Å². The SMILES string of the molecule is Cc1ccc(CNc2nc(CN(CCO)CCO)nc3ccccc23)cc1. The fourth-order valence-corrected chi connectivity index (χ4v) is 2.97. The topological polar surface area (TPSA) is 81.5 Å². The number of hydrogen-bond donors (Lipinski definition) is 3. The number of nitrogens with one attached hydrogen (secondary N) is 1. The molecule has 0 unspecified atom stereocenters. The molecule has 0 atom stereocenters. The van der Waals surface area contributed by atoms with Gasteiger partial charge in [-0.3, -0.25) is 4.90 Å². The standard InChI is InChI=1S/C21H26N4O2/c1-16-6-8-17(9-7-16)14-22-21-18-4-2-3-5-19(18)23-20(24-21)15-25(10-12-26)11-13-27/h2-9,26-27H,10-15H2,1H3,(H,22,23,24). The van der Waals surface area contributed by atoms with E-state index in [9.17, 15) is 10.2 Å². The highest BCUT2D eigenvalue weighted by molar-refractivity contribution is 5.88. The highest BCUT2D eigenvalue weighted by Crippen LogP contribution is 2.21. The third kappa shape index (κ3) is 5.23. The highest BCUT2D eigenvalue weighted by Gasteiger charge is 2.11. The van der Waals surface area contributed by atoms with Crippen LogP contribution in [0.2, 0.25) is 0 Å². The van der Waals surface area contributed by atoms with Crippen molar-refractivity contribution in [1.29, 1.82) is 0 Å². The fourth-order valence-electron chi connectivity index (χ4n) is 2.97. The van der Waals surface area contributed by atoms with E-state index in [-0.39, 0.29) is 13.2 Å². The van der Waals surface area contributed by atoms with E-state index in [1.807, 2.05) is 29.2 Å². The molecule has 0 amide bonds. The van der Waals surface area contributed by atoms with Gasteiger partial charge in [-0.2, -0.15) is 0 Å². The van der Waals surface area contributed by atoms with Gasteiger partial charge >= 0.3 is 0 Å². The van der Waals surface area contributed by atoms with Gasteiger partial charge in [-0.25, -0.2) is 9.97 Å². The van der Waals surface area contributed by atoms with Gasteiger partial charge in [-0.05, 0) is 24.6 Å². The third-order valence-electron chi connectivity index (χ3n) is 4.43. The Kier molecular flexibility index (Phi) is 6.70. The quantitative estimate of drug-likeness (QED) is 0.539. The van der Waals surface area contributed by atoms with Crippen molar-refractivity contribution in [2.24, 2.45) is 0 Å². The molecule has 3 rings (SSSR count). The summed E-state index contributed by atoms with van der Waals surface area (Å²) < 4.78 is 0. The average molecular weight is 366 g/mol. The molecular formula is C21H26N4O2. The van der Waals surface area contributed by atoms with Crippen LogP contribution in [-0.2, 0) is 13.1 Å². The van der Waals surface area contributed by atoms with Gasteiger partial charge < -0.3 is 15.5 Å². The lowest BCUT2D eigenvalue weighted by atomic mass is 10.1. The van der Waals surface area contributed by atoms with Crippen LogP contribution in [-0.4, -0.2) is 51.4 Å². The van der Waals surface area contributed by atoms with Crippen molar-refractivity contribution >= 4 is 16.7 Å². The first-order valence-electron chi connectivity index (χ1n) is 9.18. The van der Waals surface area contributed by atoms with Gasteiger partial charge in [-0.15, -0.1) is 0 Å². The molecule has 0 radical (unpaired) electrons. The highest BCUT2D eigenvalue weighted by atomic mass is 16.3. The summed E-state index contributed by atoms with van der Waals surface area (Å²) in [6.07, 6.45) is 0. The minimum atomic E-state index is 0.0338. The first-order chi connectivity index (χ1) is 13.2. The van der Waals surface area contributed by atoms with Gasteiger partial charge in [0, 0.05) is 25.0 Å². The van der Waals surface area contributed by atoms with Crippen LogP contribution in [0.25, 0.3) is 10.9 Å². The summed E-state index contributed by atoms with van der Waals surface area (Å²) in [6.45, 7) is 4.25. The Morgan fingerprint density at radius 3 is 2.33 bits per heavy atom. The molecule has 6 nitrogen and oxygen atoms in total. The molecule has 2 aromatic carbocycles. The van der Waals surface area contributed by atoms with Crippen molar-refractivity contribution < 1.29 is 10.2 Å². The van der Waals surface area contributed by atoms with Crippen molar-refractivity contribution in [1.82, 2.24) is 14.9 Å². The molecule has 1 heterocycles. The number of para-hydroxylation sites is 1. The maximum Gasteiger partial charge on any atom is 0.145 e. The first-order valence-corrected chi connectivity index (χ1v) is 9.18. The number of fused-ring (bicyclic) bond motifs is 1. The Hall–Kier alpha value is -2.54. The van der Waals surface area contributed by atoms with E-state index in [0.717, 1.165) is 16.7 Å². The molecule has 0 aliphatic rings. The molecule has 0 fully saturated rings. The van der Waals surface area contributed by atoms with Crippen molar-refractivity contribution in [2.45, 2.75) is 20.0 Å². The number of benzene rings is 2. The number of rotatable bonds is 9. The predicted molar refractivity (Wildman–Crippen MR) is 107 cm³/mol. The van der Waals surface area contributed by atoms with E-state index in [1.165, 1.54) is 11.1 Å². The van der Waals surface area contributed by atoms with Gasteiger partial charge in [0.05, 0.1) is 25.3 Å². The Bertz CT molecular complexity index is 862.